The maximum absolute atomic E-state index is 10.3. The molecule has 138 valence electrons. The van der Waals surface area contributed by atoms with Crippen LogP contribution >= 0.6 is 11.0 Å². The van der Waals surface area contributed by atoms with Crippen molar-refractivity contribution >= 4 is 27.4 Å². The van der Waals surface area contributed by atoms with Crippen molar-refractivity contribution in [2.45, 2.75) is 6.23 Å². The van der Waals surface area contributed by atoms with Crippen molar-refractivity contribution in [3.63, 3.8) is 0 Å². The Morgan fingerprint density at radius 1 is 1.04 bits per heavy atom. The predicted molar refractivity (Wildman–Crippen MR) is 105 cm³/mol. The fourth-order valence-electron chi connectivity index (χ4n) is 3.20. The van der Waals surface area contributed by atoms with E-state index in [1.165, 1.54) is 0 Å². The minimum atomic E-state index is -3.41. The van der Waals surface area contributed by atoms with E-state index in [4.69, 9.17) is 5.26 Å². The number of aliphatic hydroxyl groups is 1. The van der Waals surface area contributed by atoms with E-state index in [0.29, 0.717) is 5.56 Å². The lowest BCUT2D eigenvalue weighted by molar-refractivity contribution is 0.182. The van der Waals surface area contributed by atoms with Gasteiger partial charge in [-0.05, 0) is 52.2 Å². The third kappa shape index (κ3) is 3.19. The summed E-state index contributed by atoms with van der Waals surface area (Å²) in [7, 11) is -3.41. The third-order valence-electron chi connectivity index (χ3n) is 4.47. The van der Waals surface area contributed by atoms with Crippen LogP contribution in [0.5, 0.6) is 5.75 Å². The number of phenols is 1. The van der Waals surface area contributed by atoms with Crippen LogP contribution in [0.2, 0.25) is 0 Å². The Kier molecular flexibility index (Phi) is 4.19. The fraction of sp³-hybridized carbons (Fsp3) is 0.105. The molecular formula is C19H17N3O4S. The zero-order chi connectivity index (χ0) is 19.2. The molecule has 1 heterocycles. The van der Waals surface area contributed by atoms with Gasteiger partial charge in [-0.15, -0.1) is 0 Å². The topological polar surface area (TPSA) is 120 Å². The molecule has 0 amide bonds. The quantitative estimate of drug-likeness (QED) is 0.460. The summed E-state index contributed by atoms with van der Waals surface area (Å²) in [6.07, 6.45) is -1.11. The van der Waals surface area contributed by atoms with Gasteiger partial charge in [0.15, 0.2) is 0 Å². The molecule has 3 aromatic rings. The zero-order valence-corrected chi connectivity index (χ0v) is 14.9. The molecule has 1 atom stereocenters. The number of anilines is 1. The maximum Gasteiger partial charge on any atom is 0.142 e. The number of hydrogen-bond donors (Lipinski definition) is 5. The molecule has 5 N–H and O–H groups in total. The van der Waals surface area contributed by atoms with Gasteiger partial charge in [0, 0.05) is 0 Å². The third-order valence-corrected chi connectivity index (χ3v) is 6.02. The monoisotopic (exact) mass is 383 g/mol. The fourth-order valence-corrected chi connectivity index (χ4v) is 4.54. The summed E-state index contributed by atoms with van der Waals surface area (Å²) < 4.78 is 23.7. The molecular weight excluding hydrogens is 366 g/mol. The maximum atomic E-state index is 10.3. The Bertz CT molecular complexity index is 1080. The van der Waals surface area contributed by atoms with Gasteiger partial charge in [-0.3, -0.25) is 13.4 Å². The van der Waals surface area contributed by atoms with E-state index >= 15 is 0 Å². The minimum Gasteiger partial charge on any atom is -0.506 e. The summed E-state index contributed by atoms with van der Waals surface area (Å²) in [6.45, 7) is -0.0642. The lowest BCUT2D eigenvalue weighted by Gasteiger charge is -2.37. The number of aliphatic hydroxyl groups excluding tert-OH is 1. The van der Waals surface area contributed by atoms with Crippen LogP contribution in [-0.4, -0.2) is 32.1 Å². The van der Waals surface area contributed by atoms with Crippen LogP contribution in [0.15, 0.2) is 54.6 Å². The van der Waals surface area contributed by atoms with E-state index in [1.807, 2.05) is 30.3 Å². The highest BCUT2D eigenvalue weighted by molar-refractivity contribution is 8.24. The van der Waals surface area contributed by atoms with Gasteiger partial charge in [-0.25, -0.2) is 0 Å². The molecule has 0 aliphatic carbocycles. The van der Waals surface area contributed by atoms with E-state index in [9.17, 15) is 19.3 Å². The molecule has 0 spiro atoms. The van der Waals surface area contributed by atoms with Crippen LogP contribution in [0, 0.1) is 11.3 Å². The van der Waals surface area contributed by atoms with Gasteiger partial charge in [-0.2, -0.15) is 9.98 Å². The smallest absolute Gasteiger partial charge is 0.142 e. The lowest BCUT2D eigenvalue weighted by Crippen LogP contribution is -2.25. The number of fused-ring (bicyclic) bond motifs is 1. The standard InChI is InChI=1S/C19H17N3O4S/c20-10-12-2-1-3-13(6-12)14-4-5-15-9-18(23)17(8-16(15)7-14)22-11-19(24)21-27(22,25)26/h1-9,19,21,23-26H,11H2. The molecule has 8 heteroatoms. The van der Waals surface area contributed by atoms with Crippen molar-refractivity contribution < 1.29 is 19.3 Å². The minimum absolute atomic E-state index is 0.0642. The Hall–Kier alpha value is -2.80. The molecule has 1 aliphatic heterocycles. The molecule has 1 unspecified atom stereocenters. The van der Waals surface area contributed by atoms with Gasteiger partial charge in [-0.1, -0.05) is 35.2 Å². The van der Waals surface area contributed by atoms with Gasteiger partial charge in [0.2, 0.25) is 0 Å². The first-order valence-electron chi connectivity index (χ1n) is 8.16. The Labute approximate surface area is 157 Å². The number of aromatic hydroxyl groups is 1. The molecule has 0 aromatic heterocycles. The highest BCUT2D eigenvalue weighted by Crippen LogP contribution is 2.50. The van der Waals surface area contributed by atoms with Crippen molar-refractivity contribution in [1.82, 2.24) is 4.72 Å². The van der Waals surface area contributed by atoms with Gasteiger partial charge in [0.05, 0.1) is 18.2 Å². The molecule has 0 bridgehead atoms. The number of nitriles is 1. The van der Waals surface area contributed by atoms with Gasteiger partial charge < -0.3 is 10.2 Å². The number of nitrogens with zero attached hydrogens (tertiary/aromatic N) is 2. The van der Waals surface area contributed by atoms with Crippen molar-refractivity contribution in [3.8, 4) is 22.9 Å². The van der Waals surface area contributed by atoms with Crippen molar-refractivity contribution in [2.24, 2.45) is 0 Å². The summed E-state index contributed by atoms with van der Waals surface area (Å²) in [6, 6.07) is 18.2. The first kappa shape index (κ1) is 17.6. The molecule has 1 saturated heterocycles. The van der Waals surface area contributed by atoms with Crippen LogP contribution < -0.4 is 9.03 Å². The highest BCUT2D eigenvalue weighted by Gasteiger charge is 2.36. The van der Waals surface area contributed by atoms with E-state index in [-0.39, 0.29) is 18.0 Å². The van der Waals surface area contributed by atoms with E-state index < -0.39 is 17.2 Å². The Morgan fingerprint density at radius 3 is 2.52 bits per heavy atom. The van der Waals surface area contributed by atoms with Crippen molar-refractivity contribution in [1.29, 1.82) is 5.26 Å². The molecule has 0 saturated carbocycles. The molecule has 1 aliphatic rings. The summed E-state index contributed by atoms with van der Waals surface area (Å²) in [5.41, 5.74) is 2.55. The van der Waals surface area contributed by atoms with Crippen molar-refractivity contribution in [3.05, 3.63) is 60.2 Å². The molecule has 4 rings (SSSR count). The molecule has 27 heavy (non-hydrogen) atoms. The predicted octanol–water partition coefficient (Wildman–Crippen LogP) is 3.39. The summed E-state index contributed by atoms with van der Waals surface area (Å²) >= 11 is 0. The number of hydrogen-bond acceptors (Lipinski definition) is 7. The Balaban J connectivity index is 1.82. The number of β-amino-alcohol motifs (C(OH)–C–C–N with tert-alkyl or cyclic N) is 1. The average molecular weight is 383 g/mol. The van der Waals surface area contributed by atoms with Gasteiger partial charge >= 0.3 is 0 Å². The van der Waals surface area contributed by atoms with Crippen molar-refractivity contribution in [2.75, 3.05) is 10.8 Å². The second-order valence-electron chi connectivity index (χ2n) is 6.31. The summed E-state index contributed by atoms with van der Waals surface area (Å²) in [5, 5.41) is 30.7. The van der Waals surface area contributed by atoms with E-state index in [0.717, 1.165) is 26.2 Å². The van der Waals surface area contributed by atoms with Crippen LogP contribution in [0.1, 0.15) is 5.56 Å². The van der Waals surface area contributed by atoms with Gasteiger partial charge in [0.25, 0.3) is 0 Å². The largest absolute Gasteiger partial charge is 0.506 e. The first-order chi connectivity index (χ1) is 12.9. The average Bonchev–Trinajstić information content (AvgIpc) is 2.92. The SMILES string of the molecule is N#Cc1cccc(-c2ccc3cc(O)c(N4CC(O)NS4(O)O)cc3c2)c1. The second-order valence-corrected chi connectivity index (χ2v) is 8.02. The van der Waals surface area contributed by atoms with Crippen LogP contribution in [0.4, 0.5) is 5.69 Å². The Morgan fingerprint density at radius 2 is 1.81 bits per heavy atom. The number of phenolic OH excluding ortho intramolecular Hbond substituents is 1. The highest BCUT2D eigenvalue weighted by atomic mass is 32.3. The van der Waals surface area contributed by atoms with Crippen LogP contribution in [0.25, 0.3) is 21.9 Å². The number of benzene rings is 3. The van der Waals surface area contributed by atoms with E-state index in [1.54, 1.807) is 24.3 Å². The molecule has 3 aromatic carbocycles. The van der Waals surface area contributed by atoms with Crippen LogP contribution in [-0.2, 0) is 0 Å². The van der Waals surface area contributed by atoms with E-state index in [2.05, 4.69) is 10.8 Å². The second kappa shape index (κ2) is 6.42. The van der Waals surface area contributed by atoms with Crippen LogP contribution in [0.3, 0.4) is 0 Å². The summed E-state index contributed by atoms with van der Waals surface area (Å²) in [5.74, 6) is -0.113. The normalized spacial score (nSPS) is 19.8. The molecule has 0 radical (unpaired) electrons. The first-order valence-corrected chi connectivity index (χ1v) is 9.66. The zero-order valence-electron chi connectivity index (χ0n) is 14.1. The number of rotatable bonds is 2. The summed E-state index contributed by atoms with van der Waals surface area (Å²) in [4.78, 5) is 0. The number of nitrogens with one attached hydrogen (secondary N) is 1. The molecule has 7 nitrogen and oxygen atoms in total. The lowest BCUT2D eigenvalue weighted by atomic mass is 9.99. The molecule has 1 fully saturated rings. The van der Waals surface area contributed by atoms with Gasteiger partial charge in [0.1, 0.15) is 17.7 Å².